The third-order valence-electron chi connectivity index (χ3n) is 3.84. The van der Waals surface area contributed by atoms with Crippen molar-refractivity contribution in [1.29, 1.82) is 0 Å². The van der Waals surface area contributed by atoms with Crippen LogP contribution in [0.4, 0.5) is 16.6 Å². The van der Waals surface area contributed by atoms with Crippen molar-refractivity contribution in [3.8, 4) is 0 Å². The van der Waals surface area contributed by atoms with Crippen molar-refractivity contribution >= 4 is 30.0 Å². The van der Waals surface area contributed by atoms with Crippen molar-refractivity contribution in [3.05, 3.63) is 47.7 Å². The Balaban J connectivity index is 1.75. The van der Waals surface area contributed by atoms with Crippen molar-refractivity contribution in [2.45, 2.75) is 12.5 Å². The topological polar surface area (TPSA) is 104 Å². The second kappa shape index (κ2) is 6.99. The number of nitrogen functional groups attached to an aromatic ring is 1. The molecule has 1 aliphatic heterocycles. The number of amides is 1. The van der Waals surface area contributed by atoms with Gasteiger partial charge >= 0.3 is 6.09 Å². The fourth-order valence-corrected chi connectivity index (χ4v) is 2.73. The van der Waals surface area contributed by atoms with Crippen molar-refractivity contribution < 1.29 is 9.90 Å². The molecule has 7 nitrogen and oxygen atoms in total. The molecule has 1 fully saturated rings. The van der Waals surface area contributed by atoms with Gasteiger partial charge in [-0.3, -0.25) is 0 Å². The molecule has 0 aliphatic carbocycles. The van der Waals surface area contributed by atoms with Crippen molar-refractivity contribution in [2.24, 2.45) is 0 Å². The minimum atomic E-state index is -1.00. The fraction of sp³-hybridized carbons (Fsp3) is 0.235. The van der Waals surface area contributed by atoms with E-state index in [4.69, 9.17) is 10.8 Å². The minimum absolute atomic E-state index is 0.0954. The number of nitrogens with two attached hydrogens (primary N) is 1. The average molecular weight is 325 g/mol. The number of aromatic nitrogens is 2. The predicted octanol–water partition coefficient (Wildman–Crippen LogP) is 2.08. The summed E-state index contributed by atoms with van der Waals surface area (Å²) in [6.07, 6.45) is 3.59. The van der Waals surface area contributed by atoms with Crippen LogP contribution in [0.3, 0.4) is 0 Å². The highest BCUT2D eigenvalue weighted by Gasteiger charge is 2.25. The molecule has 1 aromatic carbocycles. The Labute approximate surface area is 139 Å². The van der Waals surface area contributed by atoms with Gasteiger partial charge in [0.1, 0.15) is 5.82 Å². The summed E-state index contributed by atoms with van der Waals surface area (Å²) in [4.78, 5) is 21.3. The molecule has 1 amide bonds. The number of hydrogen-bond donors (Lipinski definition) is 3. The number of hydrogen-bond acceptors (Lipinski definition) is 5. The zero-order valence-electron chi connectivity index (χ0n) is 13.1. The fourth-order valence-electron chi connectivity index (χ4n) is 2.73. The van der Waals surface area contributed by atoms with Gasteiger partial charge in [0.2, 0.25) is 5.95 Å². The van der Waals surface area contributed by atoms with Crippen molar-refractivity contribution in [3.63, 3.8) is 0 Å². The molecule has 0 bridgehead atoms. The van der Waals surface area contributed by atoms with Gasteiger partial charge in [-0.05, 0) is 18.1 Å². The third kappa shape index (κ3) is 4.01. The summed E-state index contributed by atoms with van der Waals surface area (Å²) < 4.78 is 0. The van der Waals surface area contributed by atoms with Crippen LogP contribution in [0.25, 0.3) is 12.2 Å². The molecule has 24 heavy (non-hydrogen) atoms. The Hall–Kier alpha value is -3.09. The van der Waals surface area contributed by atoms with Gasteiger partial charge in [0.15, 0.2) is 0 Å². The van der Waals surface area contributed by atoms with Crippen LogP contribution >= 0.6 is 0 Å². The van der Waals surface area contributed by atoms with E-state index in [1.165, 1.54) is 0 Å². The van der Waals surface area contributed by atoms with E-state index in [-0.39, 0.29) is 12.0 Å². The summed E-state index contributed by atoms with van der Waals surface area (Å²) in [5.74, 6) is 0.916. The smallest absolute Gasteiger partial charge is 0.404 e. The van der Waals surface area contributed by atoms with Gasteiger partial charge in [-0.25, -0.2) is 9.78 Å². The molecule has 3 rings (SSSR count). The van der Waals surface area contributed by atoms with E-state index in [0.717, 1.165) is 24.2 Å². The van der Waals surface area contributed by atoms with Gasteiger partial charge < -0.3 is 21.1 Å². The summed E-state index contributed by atoms with van der Waals surface area (Å²) in [5.41, 5.74) is 7.61. The first kappa shape index (κ1) is 15.8. The molecule has 4 N–H and O–H groups in total. The van der Waals surface area contributed by atoms with Crippen LogP contribution in [0.15, 0.2) is 36.4 Å². The highest BCUT2D eigenvalue weighted by Crippen LogP contribution is 2.20. The lowest BCUT2D eigenvalue weighted by Gasteiger charge is -2.18. The summed E-state index contributed by atoms with van der Waals surface area (Å²) in [5, 5.41) is 11.3. The maximum Gasteiger partial charge on any atom is 0.404 e. The molecule has 124 valence electrons. The Morgan fingerprint density at radius 3 is 2.83 bits per heavy atom. The maximum atomic E-state index is 10.7. The molecule has 1 unspecified atom stereocenters. The first-order valence-electron chi connectivity index (χ1n) is 7.72. The van der Waals surface area contributed by atoms with Gasteiger partial charge in [0.25, 0.3) is 0 Å². The first-order valence-corrected chi connectivity index (χ1v) is 7.72. The van der Waals surface area contributed by atoms with E-state index in [1.54, 1.807) is 0 Å². The molecule has 0 saturated carbocycles. The van der Waals surface area contributed by atoms with Crippen LogP contribution < -0.4 is 16.0 Å². The normalized spacial score (nSPS) is 17.3. The van der Waals surface area contributed by atoms with E-state index in [0.29, 0.717) is 12.4 Å². The van der Waals surface area contributed by atoms with E-state index in [9.17, 15) is 4.79 Å². The molecule has 0 radical (unpaired) electrons. The summed E-state index contributed by atoms with van der Waals surface area (Å²) in [6.45, 7) is 1.30. The molecule has 2 aromatic rings. The van der Waals surface area contributed by atoms with Gasteiger partial charge in [0.05, 0.1) is 11.7 Å². The number of anilines is 2. The summed E-state index contributed by atoms with van der Waals surface area (Å²) >= 11 is 0. The van der Waals surface area contributed by atoms with Gasteiger partial charge in [-0.2, -0.15) is 4.98 Å². The van der Waals surface area contributed by atoms with Gasteiger partial charge in [-0.15, -0.1) is 0 Å². The minimum Gasteiger partial charge on any atom is -0.465 e. The first-order chi connectivity index (χ1) is 11.6. The Kier molecular flexibility index (Phi) is 4.60. The van der Waals surface area contributed by atoms with Crippen molar-refractivity contribution in [1.82, 2.24) is 15.3 Å². The van der Waals surface area contributed by atoms with Gasteiger partial charge in [-0.1, -0.05) is 36.4 Å². The largest absolute Gasteiger partial charge is 0.465 e. The third-order valence-corrected chi connectivity index (χ3v) is 3.84. The van der Waals surface area contributed by atoms with Gasteiger partial charge in [0, 0.05) is 19.2 Å². The second-order valence-corrected chi connectivity index (χ2v) is 5.63. The van der Waals surface area contributed by atoms with Crippen LogP contribution in [-0.4, -0.2) is 40.3 Å². The average Bonchev–Trinajstić information content (AvgIpc) is 3.01. The number of nitrogens with zero attached hydrogens (tertiary/aromatic N) is 3. The molecule has 1 aliphatic rings. The predicted molar refractivity (Wildman–Crippen MR) is 93.6 cm³/mol. The lowest BCUT2D eigenvalue weighted by Crippen LogP contribution is -2.36. The molecule has 2 heterocycles. The van der Waals surface area contributed by atoms with Crippen LogP contribution in [0.1, 0.15) is 17.7 Å². The van der Waals surface area contributed by atoms with Crippen LogP contribution in [-0.2, 0) is 0 Å². The Morgan fingerprint density at radius 2 is 2.08 bits per heavy atom. The number of carboxylic acid groups (broad SMARTS) is 1. The Morgan fingerprint density at radius 1 is 1.29 bits per heavy atom. The SMILES string of the molecule is Nc1nc(C=Cc2ccccc2)cc(N2CCC(NC(=O)O)C2)n1. The molecule has 1 saturated heterocycles. The molecule has 7 heteroatoms. The lowest BCUT2D eigenvalue weighted by atomic mass is 10.2. The highest BCUT2D eigenvalue weighted by molar-refractivity contribution is 5.69. The second-order valence-electron chi connectivity index (χ2n) is 5.63. The molecular weight excluding hydrogens is 306 g/mol. The maximum absolute atomic E-state index is 10.7. The van der Waals surface area contributed by atoms with Crippen LogP contribution in [0, 0.1) is 0 Å². The monoisotopic (exact) mass is 325 g/mol. The zero-order chi connectivity index (χ0) is 16.9. The molecular formula is C17H19N5O2. The van der Waals surface area contributed by atoms with Crippen molar-refractivity contribution in [2.75, 3.05) is 23.7 Å². The lowest BCUT2D eigenvalue weighted by molar-refractivity contribution is 0.191. The van der Waals surface area contributed by atoms with Crippen LogP contribution in [0.2, 0.25) is 0 Å². The summed E-state index contributed by atoms with van der Waals surface area (Å²) in [6, 6.07) is 11.7. The standard InChI is InChI=1S/C17H19N5O2/c18-16-19-13(7-6-12-4-2-1-3-5-12)10-15(21-16)22-9-8-14(11-22)20-17(23)24/h1-7,10,14,20H,8-9,11H2,(H,23,24)(H2,18,19,21). The van der Waals surface area contributed by atoms with E-state index >= 15 is 0 Å². The zero-order valence-corrected chi connectivity index (χ0v) is 13.1. The number of benzene rings is 1. The number of carbonyl (C=O) groups is 1. The van der Waals surface area contributed by atoms with E-state index < -0.39 is 6.09 Å². The number of nitrogens with one attached hydrogen (secondary N) is 1. The number of rotatable bonds is 4. The molecule has 1 atom stereocenters. The Bertz CT molecular complexity index is 748. The molecule has 0 spiro atoms. The van der Waals surface area contributed by atoms with E-state index in [2.05, 4.69) is 15.3 Å². The summed E-state index contributed by atoms with van der Waals surface area (Å²) in [7, 11) is 0. The quantitative estimate of drug-likeness (QED) is 0.795. The highest BCUT2D eigenvalue weighted by atomic mass is 16.4. The molecule has 1 aromatic heterocycles. The van der Waals surface area contributed by atoms with Crippen LogP contribution in [0.5, 0.6) is 0 Å². The van der Waals surface area contributed by atoms with E-state index in [1.807, 2.05) is 53.5 Å².